The van der Waals surface area contributed by atoms with E-state index in [-0.39, 0.29) is 6.54 Å². The van der Waals surface area contributed by atoms with Gasteiger partial charge in [-0.3, -0.25) is 18.7 Å². The molecule has 0 saturated heterocycles. The maximum atomic E-state index is 13.4. The van der Waals surface area contributed by atoms with Crippen LogP contribution >= 0.6 is 0 Å². The SMILES string of the molecule is CCOc1ccc(NC(=O)Cn2c(=O)ccn(Cc3cccc(F)c3)c2=O)cc1. The van der Waals surface area contributed by atoms with Gasteiger partial charge in [-0.2, -0.15) is 0 Å². The van der Waals surface area contributed by atoms with Crippen LogP contribution in [-0.4, -0.2) is 21.6 Å². The normalized spacial score (nSPS) is 10.6. The highest BCUT2D eigenvalue weighted by molar-refractivity contribution is 5.90. The molecule has 0 unspecified atom stereocenters. The first kappa shape index (κ1) is 20.1. The fourth-order valence-electron chi connectivity index (χ4n) is 2.80. The van der Waals surface area contributed by atoms with E-state index < -0.39 is 29.5 Å². The van der Waals surface area contributed by atoms with E-state index in [9.17, 15) is 18.8 Å². The molecule has 3 aromatic rings. The Morgan fingerprint density at radius 1 is 1.10 bits per heavy atom. The van der Waals surface area contributed by atoms with Gasteiger partial charge in [-0.1, -0.05) is 12.1 Å². The van der Waals surface area contributed by atoms with Gasteiger partial charge in [0.2, 0.25) is 5.91 Å². The van der Waals surface area contributed by atoms with Crippen molar-refractivity contribution in [1.82, 2.24) is 9.13 Å². The summed E-state index contributed by atoms with van der Waals surface area (Å²) < 4.78 is 20.8. The van der Waals surface area contributed by atoms with Crippen molar-refractivity contribution in [3.05, 3.63) is 93.0 Å². The maximum Gasteiger partial charge on any atom is 0.331 e. The molecule has 0 bridgehead atoms. The third-order valence-corrected chi connectivity index (χ3v) is 4.13. The molecule has 2 aromatic carbocycles. The molecule has 1 heterocycles. The van der Waals surface area contributed by atoms with E-state index in [0.29, 0.717) is 23.6 Å². The Morgan fingerprint density at radius 3 is 2.55 bits per heavy atom. The first-order chi connectivity index (χ1) is 14.0. The molecule has 0 aliphatic heterocycles. The Labute approximate surface area is 166 Å². The average molecular weight is 397 g/mol. The molecule has 0 spiro atoms. The molecule has 1 amide bonds. The molecule has 3 rings (SSSR count). The second-order valence-corrected chi connectivity index (χ2v) is 6.29. The molecule has 0 radical (unpaired) electrons. The van der Waals surface area contributed by atoms with Gasteiger partial charge < -0.3 is 10.1 Å². The van der Waals surface area contributed by atoms with Crippen molar-refractivity contribution in [2.45, 2.75) is 20.0 Å². The summed E-state index contributed by atoms with van der Waals surface area (Å²) in [6.45, 7) is 2.05. The number of rotatable bonds is 7. The van der Waals surface area contributed by atoms with Crippen LogP contribution in [0.3, 0.4) is 0 Å². The van der Waals surface area contributed by atoms with Crippen LogP contribution < -0.4 is 21.3 Å². The van der Waals surface area contributed by atoms with Crippen LogP contribution in [0.1, 0.15) is 12.5 Å². The molecule has 1 aromatic heterocycles. The minimum absolute atomic E-state index is 0.0807. The smallest absolute Gasteiger partial charge is 0.331 e. The molecular formula is C21H20FN3O4. The standard InChI is InChI=1S/C21H20FN3O4/c1-2-29-18-8-6-17(7-9-18)23-19(26)14-25-20(27)10-11-24(21(25)28)13-15-4-3-5-16(22)12-15/h3-12H,2,13-14H2,1H3,(H,23,26). The number of nitrogens with one attached hydrogen (secondary N) is 1. The fraction of sp³-hybridized carbons (Fsp3) is 0.190. The molecule has 7 nitrogen and oxygen atoms in total. The van der Waals surface area contributed by atoms with Crippen molar-refractivity contribution in [2.75, 3.05) is 11.9 Å². The maximum absolute atomic E-state index is 13.4. The number of amides is 1. The molecule has 1 N–H and O–H groups in total. The van der Waals surface area contributed by atoms with Crippen molar-refractivity contribution in [1.29, 1.82) is 0 Å². The highest BCUT2D eigenvalue weighted by Crippen LogP contribution is 2.15. The Kier molecular flexibility index (Phi) is 6.23. The van der Waals surface area contributed by atoms with Crippen LogP contribution in [0.15, 0.2) is 70.4 Å². The number of hydrogen-bond acceptors (Lipinski definition) is 4. The monoisotopic (exact) mass is 397 g/mol. The van der Waals surface area contributed by atoms with Crippen molar-refractivity contribution < 1.29 is 13.9 Å². The van der Waals surface area contributed by atoms with E-state index in [1.54, 1.807) is 30.3 Å². The lowest BCUT2D eigenvalue weighted by Gasteiger charge is -2.11. The van der Waals surface area contributed by atoms with Crippen molar-refractivity contribution in [3.8, 4) is 5.75 Å². The predicted molar refractivity (Wildman–Crippen MR) is 107 cm³/mol. The predicted octanol–water partition coefficient (Wildman–Crippen LogP) is 2.23. The molecule has 0 saturated carbocycles. The molecule has 8 heteroatoms. The van der Waals surface area contributed by atoms with E-state index >= 15 is 0 Å². The average Bonchev–Trinajstić information content (AvgIpc) is 2.69. The van der Waals surface area contributed by atoms with Gasteiger partial charge in [0.05, 0.1) is 13.2 Å². The van der Waals surface area contributed by atoms with Crippen LogP contribution in [0.2, 0.25) is 0 Å². The number of halogens is 1. The van der Waals surface area contributed by atoms with Crippen LogP contribution in [0, 0.1) is 5.82 Å². The molecule has 0 aliphatic rings. The van der Waals surface area contributed by atoms with Gasteiger partial charge in [0.15, 0.2) is 0 Å². The summed E-state index contributed by atoms with van der Waals surface area (Å²) in [6.07, 6.45) is 1.33. The Bertz CT molecular complexity index is 1120. The zero-order chi connectivity index (χ0) is 20.8. The van der Waals surface area contributed by atoms with Gasteiger partial charge >= 0.3 is 5.69 Å². The molecule has 0 atom stereocenters. The first-order valence-corrected chi connectivity index (χ1v) is 9.03. The molecule has 0 fully saturated rings. The first-order valence-electron chi connectivity index (χ1n) is 9.03. The molecular weight excluding hydrogens is 377 g/mol. The lowest BCUT2D eigenvalue weighted by molar-refractivity contribution is -0.116. The molecule has 0 aliphatic carbocycles. The second-order valence-electron chi connectivity index (χ2n) is 6.29. The van der Waals surface area contributed by atoms with Gasteiger partial charge in [-0.15, -0.1) is 0 Å². The molecule has 150 valence electrons. The molecule has 29 heavy (non-hydrogen) atoms. The summed E-state index contributed by atoms with van der Waals surface area (Å²) in [7, 11) is 0. The number of carbonyl (C=O) groups excluding carboxylic acids is 1. The third kappa shape index (κ3) is 5.19. The van der Waals surface area contributed by atoms with E-state index in [0.717, 1.165) is 4.57 Å². The van der Waals surface area contributed by atoms with Gasteiger partial charge in [-0.05, 0) is 48.9 Å². The highest BCUT2D eigenvalue weighted by atomic mass is 19.1. The number of hydrogen-bond donors (Lipinski definition) is 1. The quantitative estimate of drug-likeness (QED) is 0.663. The zero-order valence-corrected chi connectivity index (χ0v) is 15.8. The summed E-state index contributed by atoms with van der Waals surface area (Å²) in [6, 6.07) is 13.8. The summed E-state index contributed by atoms with van der Waals surface area (Å²) >= 11 is 0. The van der Waals surface area contributed by atoms with Gasteiger partial charge in [0, 0.05) is 18.0 Å². The fourth-order valence-corrected chi connectivity index (χ4v) is 2.80. The number of carbonyl (C=O) groups is 1. The number of benzene rings is 2. The van der Waals surface area contributed by atoms with Crippen molar-refractivity contribution in [3.63, 3.8) is 0 Å². The van der Waals surface area contributed by atoms with Crippen LogP contribution in [0.5, 0.6) is 5.75 Å². The van der Waals surface area contributed by atoms with E-state index in [2.05, 4.69) is 5.32 Å². The van der Waals surface area contributed by atoms with Gasteiger partial charge in [-0.25, -0.2) is 9.18 Å². The number of nitrogens with zero attached hydrogens (tertiary/aromatic N) is 2. The lowest BCUT2D eigenvalue weighted by atomic mass is 10.2. The van der Waals surface area contributed by atoms with Crippen molar-refractivity contribution in [2.24, 2.45) is 0 Å². The number of aromatic nitrogens is 2. The van der Waals surface area contributed by atoms with Gasteiger partial charge in [0.25, 0.3) is 5.56 Å². The summed E-state index contributed by atoms with van der Waals surface area (Å²) in [5.74, 6) is -0.263. The topological polar surface area (TPSA) is 82.3 Å². The second kappa shape index (κ2) is 9.01. The highest BCUT2D eigenvalue weighted by Gasteiger charge is 2.11. The van der Waals surface area contributed by atoms with Crippen LogP contribution in [0.4, 0.5) is 10.1 Å². The van der Waals surface area contributed by atoms with Crippen LogP contribution in [-0.2, 0) is 17.9 Å². The summed E-state index contributed by atoms with van der Waals surface area (Å²) in [4.78, 5) is 37.0. The Morgan fingerprint density at radius 2 is 1.86 bits per heavy atom. The third-order valence-electron chi connectivity index (χ3n) is 4.13. The summed E-state index contributed by atoms with van der Waals surface area (Å²) in [5, 5.41) is 2.64. The number of anilines is 1. The minimum atomic E-state index is -0.649. The minimum Gasteiger partial charge on any atom is -0.494 e. The zero-order valence-electron chi connectivity index (χ0n) is 15.8. The van der Waals surface area contributed by atoms with Crippen LogP contribution in [0.25, 0.3) is 0 Å². The number of ether oxygens (including phenoxy) is 1. The van der Waals surface area contributed by atoms with E-state index in [1.807, 2.05) is 6.92 Å². The summed E-state index contributed by atoms with van der Waals surface area (Å²) in [5.41, 5.74) is -0.158. The Balaban J connectivity index is 1.75. The Hall–Kier alpha value is -3.68. The largest absolute Gasteiger partial charge is 0.494 e. The van der Waals surface area contributed by atoms with Gasteiger partial charge in [0.1, 0.15) is 18.1 Å². The van der Waals surface area contributed by atoms with Crippen molar-refractivity contribution >= 4 is 11.6 Å². The lowest BCUT2D eigenvalue weighted by Crippen LogP contribution is -2.41. The van der Waals surface area contributed by atoms with E-state index in [4.69, 9.17) is 4.74 Å². The van der Waals surface area contributed by atoms with E-state index in [1.165, 1.54) is 35.0 Å².